The fraction of sp³-hybridized carbons (Fsp3) is 0.286. The van der Waals surface area contributed by atoms with Gasteiger partial charge in [-0.15, -0.1) is 0 Å². The highest BCUT2D eigenvalue weighted by molar-refractivity contribution is 5.77. The second-order valence-electron chi connectivity index (χ2n) is 1.41. The Labute approximate surface area is 49.7 Å². The van der Waals surface area contributed by atoms with E-state index in [-0.39, 0.29) is 0 Å². The van der Waals surface area contributed by atoms with Gasteiger partial charge in [-0.25, -0.2) is 0 Å². The van der Waals surface area contributed by atoms with Crippen molar-refractivity contribution in [2.45, 2.75) is 13.8 Å². The molecule has 0 spiro atoms. The molecule has 0 heterocycles. The fourth-order valence-electron chi connectivity index (χ4n) is 0.396. The molecular weight excluding hydrogens is 100 g/mol. The molecule has 0 unspecified atom stereocenters. The van der Waals surface area contributed by atoms with Gasteiger partial charge in [0.2, 0.25) is 0 Å². The number of allylic oxidation sites excluding steroid dienone is 4. The monoisotopic (exact) mass is 110 g/mol. The van der Waals surface area contributed by atoms with Crippen LogP contribution in [-0.2, 0) is 4.79 Å². The van der Waals surface area contributed by atoms with Crippen LogP contribution >= 0.6 is 0 Å². The second-order valence-corrected chi connectivity index (χ2v) is 1.41. The summed E-state index contributed by atoms with van der Waals surface area (Å²) >= 11 is 0. The lowest BCUT2D eigenvalue weighted by Crippen LogP contribution is -1.74. The molecule has 0 aromatic heterocycles. The summed E-state index contributed by atoms with van der Waals surface area (Å²) in [6.07, 6.45) is 6.21. The average molecular weight is 110 g/mol. The van der Waals surface area contributed by atoms with Gasteiger partial charge in [-0.2, -0.15) is 0 Å². The molecule has 0 fully saturated rings. The Morgan fingerprint density at radius 1 is 1.38 bits per heavy atom. The third-order valence-electron chi connectivity index (χ3n) is 0.829. The van der Waals surface area contributed by atoms with E-state index in [1.165, 1.54) is 0 Å². The van der Waals surface area contributed by atoms with Gasteiger partial charge in [0.15, 0.2) is 0 Å². The van der Waals surface area contributed by atoms with Crippen molar-refractivity contribution in [3.63, 3.8) is 0 Å². The van der Waals surface area contributed by atoms with Crippen molar-refractivity contribution >= 4 is 6.29 Å². The van der Waals surface area contributed by atoms with E-state index in [9.17, 15) is 4.79 Å². The van der Waals surface area contributed by atoms with Crippen LogP contribution < -0.4 is 0 Å². The molecular formula is C7H10O. The van der Waals surface area contributed by atoms with E-state index < -0.39 is 0 Å². The lowest BCUT2D eigenvalue weighted by atomic mass is 10.3. The van der Waals surface area contributed by atoms with Crippen molar-refractivity contribution in [3.8, 4) is 0 Å². The van der Waals surface area contributed by atoms with Crippen molar-refractivity contribution in [1.82, 2.24) is 0 Å². The predicted molar refractivity (Wildman–Crippen MR) is 34.6 cm³/mol. The molecule has 0 saturated carbocycles. The Balaban J connectivity index is 3.91. The van der Waals surface area contributed by atoms with Gasteiger partial charge in [0, 0.05) is 5.57 Å². The molecule has 0 radical (unpaired) electrons. The summed E-state index contributed by atoms with van der Waals surface area (Å²) in [6.45, 7) is 3.72. The fourth-order valence-corrected chi connectivity index (χ4v) is 0.396. The maximum atomic E-state index is 10.0. The number of hydrogen-bond donors (Lipinski definition) is 0. The van der Waals surface area contributed by atoms with E-state index in [2.05, 4.69) is 0 Å². The topological polar surface area (TPSA) is 17.1 Å². The number of carbonyl (C=O) groups is 1. The lowest BCUT2D eigenvalue weighted by Gasteiger charge is -1.80. The lowest BCUT2D eigenvalue weighted by molar-refractivity contribution is -0.104. The molecule has 1 heteroatoms. The summed E-state index contributed by atoms with van der Waals surface area (Å²) in [5, 5.41) is 0. The zero-order valence-corrected chi connectivity index (χ0v) is 5.22. The summed E-state index contributed by atoms with van der Waals surface area (Å²) in [7, 11) is 0. The number of carbonyl (C=O) groups excluding carboxylic acids is 1. The van der Waals surface area contributed by atoms with Crippen LogP contribution in [0.25, 0.3) is 0 Å². The standard InChI is InChI=1S/C7H10O/c1-3-5-7(4-2)6-8/h3-6H,1-2H3/b5-3?,7-4+. The van der Waals surface area contributed by atoms with Gasteiger partial charge >= 0.3 is 0 Å². The van der Waals surface area contributed by atoms with E-state index >= 15 is 0 Å². The number of rotatable bonds is 2. The van der Waals surface area contributed by atoms with Gasteiger partial charge in [0.1, 0.15) is 6.29 Å². The van der Waals surface area contributed by atoms with Crippen molar-refractivity contribution in [2.75, 3.05) is 0 Å². The van der Waals surface area contributed by atoms with Crippen LogP contribution in [0.5, 0.6) is 0 Å². The van der Waals surface area contributed by atoms with Crippen molar-refractivity contribution in [3.05, 3.63) is 23.8 Å². The maximum Gasteiger partial charge on any atom is 0.149 e. The van der Waals surface area contributed by atoms with Gasteiger partial charge in [0.05, 0.1) is 0 Å². The van der Waals surface area contributed by atoms with E-state index in [4.69, 9.17) is 0 Å². The van der Waals surface area contributed by atoms with Crippen LogP contribution in [0.1, 0.15) is 13.8 Å². The summed E-state index contributed by atoms with van der Waals surface area (Å²) < 4.78 is 0. The first kappa shape index (κ1) is 7.15. The van der Waals surface area contributed by atoms with Gasteiger partial charge in [-0.3, -0.25) is 4.79 Å². The second kappa shape index (κ2) is 4.31. The first-order valence-corrected chi connectivity index (χ1v) is 2.59. The van der Waals surface area contributed by atoms with E-state index in [1.54, 1.807) is 12.2 Å². The minimum absolute atomic E-state index is 0.729. The summed E-state index contributed by atoms with van der Waals surface area (Å²) in [6, 6.07) is 0. The molecule has 0 aliphatic rings. The highest BCUT2D eigenvalue weighted by atomic mass is 16.1. The highest BCUT2D eigenvalue weighted by Crippen LogP contribution is 1.89. The minimum Gasteiger partial charge on any atom is -0.298 e. The van der Waals surface area contributed by atoms with E-state index in [0.29, 0.717) is 0 Å². The smallest absolute Gasteiger partial charge is 0.149 e. The van der Waals surface area contributed by atoms with Crippen LogP contribution in [0.2, 0.25) is 0 Å². The minimum atomic E-state index is 0.729. The molecule has 1 nitrogen and oxygen atoms in total. The molecule has 0 bridgehead atoms. The van der Waals surface area contributed by atoms with E-state index in [1.807, 2.05) is 19.9 Å². The molecule has 0 aromatic carbocycles. The summed E-state index contributed by atoms with van der Waals surface area (Å²) in [5.74, 6) is 0. The highest BCUT2D eigenvalue weighted by Gasteiger charge is 1.79. The Morgan fingerprint density at radius 2 is 2.00 bits per heavy atom. The largest absolute Gasteiger partial charge is 0.298 e. The zero-order chi connectivity index (χ0) is 6.41. The van der Waals surface area contributed by atoms with Crippen LogP contribution in [-0.4, -0.2) is 6.29 Å². The molecule has 0 rings (SSSR count). The van der Waals surface area contributed by atoms with Crippen molar-refractivity contribution in [2.24, 2.45) is 0 Å². The Hall–Kier alpha value is -0.850. The van der Waals surface area contributed by atoms with Crippen LogP contribution in [0, 0.1) is 0 Å². The molecule has 0 N–H and O–H groups in total. The molecule has 44 valence electrons. The molecule has 0 saturated heterocycles. The third-order valence-corrected chi connectivity index (χ3v) is 0.829. The zero-order valence-electron chi connectivity index (χ0n) is 5.22. The van der Waals surface area contributed by atoms with Gasteiger partial charge < -0.3 is 0 Å². The predicted octanol–water partition coefficient (Wildman–Crippen LogP) is 1.71. The maximum absolute atomic E-state index is 10.0. The molecule has 0 aliphatic carbocycles. The molecule has 8 heavy (non-hydrogen) atoms. The normalized spacial score (nSPS) is 12.5. The quantitative estimate of drug-likeness (QED) is 0.300. The van der Waals surface area contributed by atoms with Gasteiger partial charge in [0.25, 0.3) is 0 Å². The number of aldehydes is 1. The third kappa shape index (κ3) is 2.35. The summed E-state index contributed by atoms with van der Waals surface area (Å²) in [5.41, 5.74) is 0.729. The van der Waals surface area contributed by atoms with Gasteiger partial charge in [-0.1, -0.05) is 18.2 Å². The van der Waals surface area contributed by atoms with Crippen molar-refractivity contribution in [1.29, 1.82) is 0 Å². The number of hydrogen-bond acceptors (Lipinski definition) is 1. The first-order chi connectivity index (χ1) is 3.85. The molecule has 0 aliphatic heterocycles. The van der Waals surface area contributed by atoms with E-state index in [0.717, 1.165) is 11.9 Å². The van der Waals surface area contributed by atoms with Crippen molar-refractivity contribution < 1.29 is 4.79 Å². The van der Waals surface area contributed by atoms with Crippen LogP contribution in [0.15, 0.2) is 23.8 Å². The Morgan fingerprint density at radius 3 is 2.12 bits per heavy atom. The molecule has 0 atom stereocenters. The first-order valence-electron chi connectivity index (χ1n) is 2.59. The Kier molecular flexibility index (Phi) is 3.85. The van der Waals surface area contributed by atoms with Gasteiger partial charge in [-0.05, 0) is 13.8 Å². The summed E-state index contributed by atoms with van der Waals surface area (Å²) in [4.78, 5) is 10.0. The SMILES string of the molecule is CC=C/C(C=O)=C\C. The molecule has 0 amide bonds. The average Bonchev–Trinajstić information content (AvgIpc) is 1.83. The van der Waals surface area contributed by atoms with Crippen LogP contribution in [0.4, 0.5) is 0 Å². The van der Waals surface area contributed by atoms with Crippen LogP contribution in [0.3, 0.4) is 0 Å². The Bertz CT molecular complexity index is 120. The molecule has 0 aromatic rings.